The van der Waals surface area contributed by atoms with Gasteiger partial charge in [-0.05, 0) is 0 Å². The van der Waals surface area contributed by atoms with Gasteiger partial charge in [0.2, 0.25) is 11.6 Å². The van der Waals surface area contributed by atoms with E-state index in [1.165, 1.54) is 24.3 Å². The largest absolute Gasteiger partial charge is 0.293 e. The Bertz CT molecular complexity index is 610. The van der Waals surface area contributed by atoms with E-state index in [0.29, 0.717) is 0 Å². The standard InChI is InChI=1S/C13H6O6/c14-8(6-4-2-1-3-5-6)7-9(15)11(17)13(19)12(18)10(7)16/h1-5,7H. The number of carbonyl (C=O) groups is 6. The lowest BCUT2D eigenvalue weighted by Gasteiger charge is -2.15. The summed E-state index contributed by atoms with van der Waals surface area (Å²) in [6, 6.07) is 7.29. The maximum absolute atomic E-state index is 12.0. The average molecular weight is 258 g/mol. The summed E-state index contributed by atoms with van der Waals surface area (Å²) in [5, 5.41) is 0. The monoisotopic (exact) mass is 258 g/mol. The highest BCUT2D eigenvalue weighted by Crippen LogP contribution is 2.16. The molecular weight excluding hydrogens is 252 g/mol. The van der Waals surface area contributed by atoms with Crippen molar-refractivity contribution < 1.29 is 28.8 Å². The van der Waals surface area contributed by atoms with Gasteiger partial charge in [0.05, 0.1) is 0 Å². The van der Waals surface area contributed by atoms with Crippen LogP contribution in [0.15, 0.2) is 30.3 Å². The topological polar surface area (TPSA) is 102 Å². The Morgan fingerprint density at radius 1 is 0.737 bits per heavy atom. The summed E-state index contributed by atoms with van der Waals surface area (Å²) in [6.07, 6.45) is 0. The summed E-state index contributed by atoms with van der Waals surface area (Å²) in [5.74, 6) is -10.8. The van der Waals surface area contributed by atoms with Crippen LogP contribution in [0.5, 0.6) is 0 Å². The Kier molecular flexibility index (Phi) is 3.00. The lowest BCUT2D eigenvalue weighted by molar-refractivity contribution is -0.156. The highest BCUT2D eigenvalue weighted by atomic mass is 16.2. The van der Waals surface area contributed by atoms with E-state index in [4.69, 9.17) is 0 Å². The maximum atomic E-state index is 12.0. The van der Waals surface area contributed by atoms with Crippen molar-refractivity contribution in [1.82, 2.24) is 0 Å². The van der Waals surface area contributed by atoms with E-state index < -0.39 is 40.6 Å². The number of rotatable bonds is 2. The second-order valence-corrected chi connectivity index (χ2v) is 3.88. The van der Waals surface area contributed by atoms with Crippen LogP contribution in [0.4, 0.5) is 0 Å². The SMILES string of the molecule is O=C1C(=O)C(=O)C(C(=O)c2ccccc2)C(=O)C1=O. The van der Waals surface area contributed by atoms with Crippen molar-refractivity contribution in [2.75, 3.05) is 0 Å². The minimum atomic E-state index is -2.03. The second-order valence-electron chi connectivity index (χ2n) is 3.88. The molecule has 1 fully saturated rings. The fourth-order valence-electron chi connectivity index (χ4n) is 1.72. The predicted octanol–water partition coefficient (Wildman–Crippen LogP) is -0.655. The van der Waals surface area contributed by atoms with E-state index in [9.17, 15) is 28.8 Å². The van der Waals surface area contributed by atoms with Gasteiger partial charge >= 0.3 is 0 Å². The quantitative estimate of drug-likeness (QED) is 0.396. The van der Waals surface area contributed by atoms with Gasteiger partial charge in [-0.1, -0.05) is 30.3 Å². The van der Waals surface area contributed by atoms with Gasteiger partial charge < -0.3 is 0 Å². The summed E-state index contributed by atoms with van der Waals surface area (Å²) >= 11 is 0. The third kappa shape index (κ3) is 1.93. The average Bonchev–Trinajstić information content (AvgIpc) is 2.44. The van der Waals surface area contributed by atoms with Crippen LogP contribution >= 0.6 is 0 Å². The Balaban J connectivity index is 2.44. The Hall–Kier alpha value is -2.76. The Morgan fingerprint density at radius 2 is 1.21 bits per heavy atom. The van der Waals surface area contributed by atoms with Gasteiger partial charge in [-0.15, -0.1) is 0 Å². The molecule has 0 unspecified atom stereocenters. The minimum Gasteiger partial charge on any atom is -0.293 e. The van der Waals surface area contributed by atoms with Gasteiger partial charge in [-0.25, -0.2) is 0 Å². The van der Waals surface area contributed by atoms with Crippen molar-refractivity contribution >= 4 is 34.7 Å². The molecule has 0 saturated heterocycles. The zero-order chi connectivity index (χ0) is 14.2. The van der Waals surface area contributed by atoms with Crippen LogP contribution in [0.2, 0.25) is 0 Å². The minimum absolute atomic E-state index is 0.0177. The van der Waals surface area contributed by atoms with Crippen LogP contribution in [-0.4, -0.2) is 34.7 Å². The molecule has 19 heavy (non-hydrogen) atoms. The summed E-state index contributed by atoms with van der Waals surface area (Å²) < 4.78 is 0. The van der Waals surface area contributed by atoms with Crippen molar-refractivity contribution in [2.45, 2.75) is 0 Å². The van der Waals surface area contributed by atoms with Gasteiger partial charge in [0.25, 0.3) is 17.3 Å². The molecule has 2 rings (SSSR count). The number of ketones is 6. The zero-order valence-electron chi connectivity index (χ0n) is 9.41. The van der Waals surface area contributed by atoms with E-state index >= 15 is 0 Å². The third-order valence-corrected chi connectivity index (χ3v) is 2.70. The van der Waals surface area contributed by atoms with Gasteiger partial charge in [-0.2, -0.15) is 0 Å². The Labute approximate surface area is 106 Å². The molecule has 0 aromatic heterocycles. The fraction of sp³-hybridized carbons (Fsp3) is 0.0769. The summed E-state index contributed by atoms with van der Waals surface area (Å²) in [5.41, 5.74) is 0.0177. The first-order valence-corrected chi connectivity index (χ1v) is 5.25. The molecule has 94 valence electrons. The van der Waals surface area contributed by atoms with Crippen LogP contribution in [0.25, 0.3) is 0 Å². The molecule has 0 bridgehead atoms. The highest BCUT2D eigenvalue weighted by molar-refractivity contribution is 6.93. The molecule has 1 aliphatic carbocycles. The first-order chi connectivity index (χ1) is 8.95. The van der Waals surface area contributed by atoms with Crippen LogP contribution < -0.4 is 0 Å². The van der Waals surface area contributed by atoms with E-state index in [1.54, 1.807) is 6.07 Å². The van der Waals surface area contributed by atoms with E-state index in [0.717, 1.165) is 0 Å². The van der Waals surface area contributed by atoms with Gasteiger partial charge in [-0.3, -0.25) is 28.8 Å². The van der Waals surface area contributed by atoms with E-state index in [2.05, 4.69) is 0 Å². The normalized spacial score (nSPS) is 16.9. The molecule has 0 heterocycles. The smallest absolute Gasteiger partial charge is 0.280 e. The molecule has 1 saturated carbocycles. The fourth-order valence-corrected chi connectivity index (χ4v) is 1.72. The molecular formula is C13H6O6. The molecule has 0 amide bonds. The van der Waals surface area contributed by atoms with E-state index in [1.807, 2.05) is 0 Å². The molecule has 0 spiro atoms. The molecule has 6 heteroatoms. The molecule has 1 aliphatic rings. The van der Waals surface area contributed by atoms with Crippen molar-refractivity contribution in [3.05, 3.63) is 35.9 Å². The lowest BCUT2D eigenvalue weighted by atomic mass is 9.79. The van der Waals surface area contributed by atoms with Crippen LogP contribution in [-0.2, 0) is 24.0 Å². The molecule has 6 nitrogen and oxygen atoms in total. The van der Waals surface area contributed by atoms with Crippen LogP contribution in [0.3, 0.4) is 0 Å². The van der Waals surface area contributed by atoms with Gasteiger partial charge in [0.1, 0.15) is 0 Å². The maximum Gasteiger partial charge on any atom is 0.280 e. The molecule has 1 aromatic carbocycles. The summed E-state index contributed by atoms with van der Waals surface area (Å²) in [6.45, 7) is 0. The van der Waals surface area contributed by atoms with Crippen LogP contribution in [0, 0.1) is 5.92 Å². The zero-order valence-corrected chi connectivity index (χ0v) is 9.41. The first kappa shape index (κ1) is 12.7. The van der Waals surface area contributed by atoms with Crippen molar-refractivity contribution in [1.29, 1.82) is 0 Å². The third-order valence-electron chi connectivity index (χ3n) is 2.70. The molecule has 0 radical (unpaired) electrons. The second kappa shape index (κ2) is 4.49. The van der Waals surface area contributed by atoms with E-state index in [-0.39, 0.29) is 5.56 Å². The predicted molar refractivity (Wildman–Crippen MR) is 59.3 cm³/mol. The number of benzene rings is 1. The lowest BCUT2D eigenvalue weighted by Crippen LogP contribution is -2.51. The number of hydrogen-bond donors (Lipinski definition) is 0. The highest BCUT2D eigenvalue weighted by Gasteiger charge is 2.51. The summed E-state index contributed by atoms with van der Waals surface area (Å²) in [4.78, 5) is 68.4. The van der Waals surface area contributed by atoms with Crippen molar-refractivity contribution in [3.8, 4) is 0 Å². The number of hydrogen-bond acceptors (Lipinski definition) is 6. The molecule has 1 aromatic rings. The van der Waals surface area contributed by atoms with Crippen molar-refractivity contribution in [3.63, 3.8) is 0 Å². The Morgan fingerprint density at radius 3 is 1.68 bits per heavy atom. The molecule has 0 aliphatic heterocycles. The summed E-state index contributed by atoms with van der Waals surface area (Å²) in [7, 11) is 0. The first-order valence-electron chi connectivity index (χ1n) is 5.25. The van der Waals surface area contributed by atoms with Gasteiger partial charge in [0, 0.05) is 5.56 Å². The number of Topliss-reactive ketones (excluding diaryl/α,β-unsaturated/α-hetero) is 6. The van der Waals surface area contributed by atoms with Crippen molar-refractivity contribution in [2.24, 2.45) is 5.92 Å². The molecule has 0 atom stereocenters. The molecule has 0 N–H and O–H groups in total. The number of carbonyl (C=O) groups excluding carboxylic acids is 6. The van der Waals surface area contributed by atoms with Crippen LogP contribution in [0.1, 0.15) is 10.4 Å². The van der Waals surface area contributed by atoms with Gasteiger partial charge in [0.15, 0.2) is 11.7 Å².